The predicted octanol–water partition coefficient (Wildman–Crippen LogP) is 3.26. The van der Waals surface area contributed by atoms with E-state index in [9.17, 15) is 4.79 Å². The standard InChI is InChI=1S/C19H18N2O4S/c1-23-14-4-2-13(3-5-14)16-7-6-15(25-16)12-17-18(22)20-19(26-17)21-8-10-24-11-9-21/h2-7,12H,8-11H2,1H3/b17-12+. The summed E-state index contributed by atoms with van der Waals surface area (Å²) in [7, 11) is 1.63. The number of methoxy groups -OCH3 is 1. The normalized spacial score (nSPS) is 19.1. The van der Waals surface area contributed by atoms with Crippen LogP contribution in [0.1, 0.15) is 5.76 Å². The van der Waals surface area contributed by atoms with Gasteiger partial charge in [-0.2, -0.15) is 4.99 Å². The van der Waals surface area contributed by atoms with E-state index in [2.05, 4.69) is 9.89 Å². The predicted molar refractivity (Wildman–Crippen MR) is 101 cm³/mol. The number of benzene rings is 1. The number of thioether (sulfide) groups is 1. The van der Waals surface area contributed by atoms with E-state index < -0.39 is 0 Å². The number of amidine groups is 1. The summed E-state index contributed by atoms with van der Waals surface area (Å²) < 4.78 is 16.4. The van der Waals surface area contributed by atoms with Gasteiger partial charge in [-0.05, 0) is 48.2 Å². The van der Waals surface area contributed by atoms with Crippen LogP contribution in [0.15, 0.2) is 50.7 Å². The highest BCUT2D eigenvalue weighted by Crippen LogP contribution is 2.32. The molecule has 0 radical (unpaired) electrons. The summed E-state index contributed by atoms with van der Waals surface area (Å²) in [5.41, 5.74) is 0.950. The van der Waals surface area contributed by atoms with Gasteiger partial charge in [-0.3, -0.25) is 4.79 Å². The maximum absolute atomic E-state index is 12.2. The first kappa shape index (κ1) is 16.9. The van der Waals surface area contributed by atoms with Gasteiger partial charge in [-0.25, -0.2) is 0 Å². The van der Waals surface area contributed by atoms with Crippen molar-refractivity contribution in [1.82, 2.24) is 4.90 Å². The topological polar surface area (TPSA) is 64.3 Å². The lowest BCUT2D eigenvalue weighted by Gasteiger charge is -2.27. The maximum atomic E-state index is 12.2. The molecule has 0 spiro atoms. The van der Waals surface area contributed by atoms with Crippen LogP contribution < -0.4 is 4.74 Å². The molecule has 0 atom stereocenters. The summed E-state index contributed by atoms with van der Waals surface area (Å²) in [5, 5.41) is 0.742. The Balaban J connectivity index is 1.48. The number of nitrogens with zero attached hydrogens (tertiary/aromatic N) is 2. The van der Waals surface area contributed by atoms with E-state index in [-0.39, 0.29) is 5.91 Å². The molecule has 1 saturated heterocycles. The van der Waals surface area contributed by atoms with E-state index in [1.165, 1.54) is 11.8 Å². The lowest BCUT2D eigenvalue weighted by atomic mass is 10.2. The highest BCUT2D eigenvalue weighted by Gasteiger charge is 2.27. The lowest BCUT2D eigenvalue weighted by Crippen LogP contribution is -2.38. The van der Waals surface area contributed by atoms with Gasteiger partial charge in [0.1, 0.15) is 17.3 Å². The van der Waals surface area contributed by atoms with E-state index in [0.717, 1.165) is 35.3 Å². The van der Waals surface area contributed by atoms with E-state index in [1.807, 2.05) is 36.4 Å². The fourth-order valence-corrected chi connectivity index (χ4v) is 3.70. The molecule has 7 heteroatoms. The van der Waals surface area contributed by atoms with Gasteiger partial charge < -0.3 is 18.8 Å². The first-order valence-electron chi connectivity index (χ1n) is 8.32. The summed E-state index contributed by atoms with van der Waals surface area (Å²) >= 11 is 1.39. The number of hydrogen-bond acceptors (Lipinski definition) is 6. The minimum atomic E-state index is -0.223. The van der Waals surface area contributed by atoms with Crippen molar-refractivity contribution >= 4 is 28.9 Å². The van der Waals surface area contributed by atoms with Gasteiger partial charge in [0, 0.05) is 24.7 Å². The van der Waals surface area contributed by atoms with E-state index in [1.54, 1.807) is 13.2 Å². The van der Waals surface area contributed by atoms with E-state index >= 15 is 0 Å². The minimum absolute atomic E-state index is 0.223. The summed E-state index contributed by atoms with van der Waals surface area (Å²) in [6, 6.07) is 11.4. The van der Waals surface area contributed by atoms with Crippen molar-refractivity contribution in [1.29, 1.82) is 0 Å². The number of ether oxygens (including phenoxy) is 2. The third kappa shape index (κ3) is 3.54. The van der Waals surface area contributed by atoms with Gasteiger partial charge >= 0.3 is 0 Å². The molecule has 0 bridgehead atoms. The van der Waals surface area contributed by atoms with Crippen molar-refractivity contribution in [2.75, 3.05) is 33.4 Å². The number of carbonyl (C=O) groups is 1. The Morgan fingerprint density at radius 1 is 1.15 bits per heavy atom. The molecule has 26 heavy (non-hydrogen) atoms. The number of amides is 1. The van der Waals surface area contributed by atoms with Crippen molar-refractivity contribution in [3.05, 3.63) is 47.1 Å². The van der Waals surface area contributed by atoms with Crippen LogP contribution in [0.25, 0.3) is 17.4 Å². The van der Waals surface area contributed by atoms with Crippen LogP contribution in [-0.2, 0) is 9.53 Å². The minimum Gasteiger partial charge on any atom is -0.497 e. The molecule has 0 N–H and O–H groups in total. The Morgan fingerprint density at radius 3 is 2.65 bits per heavy atom. The van der Waals surface area contributed by atoms with Crippen LogP contribution in [0, 0.1) is 0 Å². The molecule has 2 aliphatic rings. The second-order valence-corrected chi connectivity index (χ2v) is 6.85. The second-order valence-electron chi connectivity index (χ2n) is 5.84. The first-order chi connectivity index (χ1) is 12.7. The molecule has 134 valence electrons. The van der Waals surface area contributed by atoms with Crippen LogP contribution in [0.4, 0.5) is 0 Å². The molecule has 3 heterocycles. The van der Waals surface area contributed by atoms with Gasteiger partial charge in [0.15, 0.2) is 5.17 Å². The zero-order valence-electron chi connectivity index (χ0n) is 14.3. The van der Waals surface area contributed by atoms with Crippen LogP contribution >= 0.6 is 11.8 Å². The number of carbonyl (C=O) groups excluding carboxylic acids is 1. The van der Waals surface area contributed by atoms with E-state index in [4.69, 9.17) is 13.9 Å². The number of aliphatic imine (C=N–C) groups is 1. The van der Waals surface area contributed by atoms with Gasteiger partial charge in [0.2, 0.25) is 0 Å². The quantitative estimate of drug-likeness (QED) is 0.773. The fraction of sp³-hybridized carbons (Fsp3) is 0.263. The molecule has 1 aromatic carbocycles. The Kier molecular flexibility index (Phi) is 4.81. The molecular formula is C19H18N2O4S. The molecule has 2 aromatic rings. The highest BCUT2D eigenvalue weighted by molar-refractivity contribution is 8.18. The number of morpholine rings is 1. The molecule has 0 saturated carbocycles. The summed E-state index contributed by atoms with van der Waals surface area (Å²) in [5.74, 6) is 1.94. The Bertz CT molecular complexity index is 864. The van der Waals surface area contributed by atoms with Crippen LogP contribution in [0.3, 0.4) is 0 Å². The van der Waals surface area contributed by atoms with E-state index in [0.29, 0.717) is 23.9 Å². The SMILES string of the molecule is COc1ccc(-c2ccc(/C=C3/SC(N4CCOCC4)=NC3=O)o2)cc1. The molecule has 2 aliphatic heterocycles. The molecule has 1 amide bonds. The number of rotatable bonds is 3. The van der Waals surface area contributed by atoms with Crippen LogP contribution in [0.5, 0.6) is 5.75 Å². The zero-order valence-corrected chi connectivity index (χ0v) is 15.1. The summed E-state index contributed by atoms with van der Waals surface area (Å²) in [4.78, 5) is 19.0. The lowest BCUT2D eigenvalue weighted by molar-refractivity contribution is -0.113. The average Bonchev–Trinajstić information content (AvgIpc) is 3.30. The Labute approximate surface area is 155 Å². The number of furan rings is 1. The van der Waals surface area contributed by atoms with Crippen molar-refractivity contribution in [3.63, 3.8) is 0 Å². The van der Waals surface area contributed by atoms with Gasteiger partial charge in [0.25, 0.3) is 5.91 Å². The van der Waals surface area contributed by atoms with Crippen LogP contribution in [0.2, 0.25) is 0 Å². The van der Waals surface area contributed by atoms with Gasteiger partial charge in [-0.1, -0.05) is 0 Å². The molecular weight excluding hydrogens is 352 g/mol. The van der Waals surface area contributed by atoms with Crippen molar-refractivity contribution in [3.8, 4) is 17.1 Å². The van der Waals surface area contributed by atoms with Crippen molar-refractivity contribution in [2.45, 2.75) is 0 Å². The largest absolute Gasteiger partial charge is 0.497 e. The third-order valence-electron chi connectivity index (χ3n) is 4.17. The van der Waals surface area contributed by atoms with Gasteiger partial charge in [0.05, 0.1) is 25.2 Å². The highest BCUT2D eigenvalue weighted by atomic mass is 32.2. The zero-order chi connectivity index (χ0) is 17.9. The molecule has 4 rings (SSSR count). The molecule has 0 unspecified atom stereocenters. The van der Waals surface area contributed by atoms with Gasteiger partial charge in [-0.15, -0.1) is 0 Å². The maximum Gasteiger partial charge on any atom is 0.286 e. The molecule has 1 aromatic heterocycles. The monoisotopic (exact) mass is 370 g/mol. The Hall–Kier alpha value is -2.51. The average molecular weight is 370 g/mol. The fourth-order valence-electron chi connectivity index (χ4n) is 2.76. The number of hydrogen-bond donors (Lipinski definition) is 0. The summed E-state index contributed by atoms with van der Waals surface area (Å²) in [6.07, 6.45) is 1.75. The molecule has 1 fully saturated rings. The van der Waals surface area contributed by atoms with Crippen molar-refractivity contribution < 1.29 is 18.7 Å². The van der Waals surface area contributed by atoms with Crippen molar-refractivity contribution in [2.24, 2.45) is 4.99 Å². The Morgan fingerprint density at radius 2 is 1.92 bits per heavy atom. The third-order valence-corrected chi connectivity index (χ3v) is 5.21. The second kappa shape index (κ2) is 7.39. The summed E-state index contributed by atoms with van der Waals surface area (Å²) in [6.45, 7) is 2.84. The smallest absolute Gasteiger partial charge is 0.286 e. The molecule has 6 nitrogen and oxygen atoms in total. The first-order valence-corrected chi connectivity index (χ1v) is 9.14. The van der Waals surface area contributed by atoms with Crippen LogP contribution in [-0.4, -0.2) is 49.4 Å². The molecule has 0 aliphatic carbocycles.